The molecule has 0 fully saturated rings. The van der Waals surface area contributed by atoms with Crippen molar-refractivity contribution in [2.24, 2.45) is 5.73 Å². The molecule has 5 heteroatoms. The average Bonchev–Trinajstić information content (AvgIpc) is 2.91. The average molecular weight is 281 g/mol. The molecule has 3 rings (SSSR count). The molecule has 0 aliphatic rings. The molecule has 5 nitrogen and oxygen atoms in total. The largest absolute Gasteiger partial charge is 0.481 e. The van der Waals surface area contributed by atoms with Gasteiger partial charge in [0.15, 0.2) is 6.10 Å². The van der Waals surface area contributed by atoms with E-state index in [0.717, 1.165) is 16.7 Å². The summed E-state index contributed by atoms with van der Waals surface area (Å²) in [6.45, 7) is 1.63. The Morgan fingerprint density at radius 2 is 2.05 bits per heavy atom. The number of nitrogens with two attached hydrogens (primary N) is 1. The van der Waals surface area contributed by atoms with Gasteiger partial charge in [0, 0.05) is 6.07 Å². The van der Waals surface area contributed by atoms with Crippen LogP contribution in [0.2, 0.25) is 0 Å². The highest BCUT2D eigenvalue weighted by Gasteiger charge is 2.11. The van der Waals surface area contributed by atoms with Gasteiger partial charge in [-0.3, -0.25) is 9.36 Å². The smallest absolute Gasteiger partial charge is 0.258 e. The van der Waals surface area contributed by atoms with Crippen LogP contribution in [0.1, 0.15) is 6.92 Å². The standard InChI is InChI=1S/C16H15N3O2/c1-11(16(17)20)21-13-6-4-5-12(9-13)19-10-18-14-7-2-3-8-15(14)19/h2-11H,1H3,(H2,17,20)/t11-/m1/s1. The van der Waals surface area contributed by atoms with Crippen molar-refractivity contribution in [1.29, 1.82) is 0 Å². The second-order valence-corrected chi connectivity index (χ2v) is 4.76. The van der Waals surface area contributed by atoms with Crippen molar-refractivity contribution >= 4 is 16.9 Å². The number of carbonyl (C=O) groups is 1. The zero-order valence-corrected chi connectivity index (χ0v) is 11.6. The van der Waals surface area contributed by atoms with Gasteiger partial charge < -0.3 is 10.5 Å². The van der Waals surface area contributed by atoms with Crippen molar-refractivity contribution < 1.29 is 9.53 Å². The van der Waals surface area contributed by atoms with Crippen molar-refractivity contribution in [1.82, 2.24) is 9.55 Å². The highest BCUT2D eigenvalue weighted by atomic mass is 16.5. The predicted octanol–water partition coefficient (Wildman–Crippen LogP) is 2.28. The van der Waals surface area contributed by atoms with Crippen LogP contribution in [0.3, 0.4) is 0 Å². The van der Waals surface area contributed by atoms with E-state index < -0.39 is 12.0 Å². The summed E-state index contributed by atoms with van der Waals surface area (Å²) in [6.07, 6.45) is 1.10. The number of imidazole rings is 1. The molecular formula is C16H15N3O2. The Morgan fingerprint density at radius 1 is 1.24 bits per heavy atom. The van der Waals surface area contributed by atoms with Crippen LogP contribution in [-0.4, -0.2) is 21.6 Å². The molecule has 1 atom stereocenters. The Labute approximate surface area is 122 Å². The first kappa shape index (κ1) is 13.2. The third-order valence-corrected chi connectivity index (χ3v) is 3.26. The maximum Gasteiger partial charge on any atom is 0.258 e. The molecule has 1 aromatic heterocycles. The first-order valence-corrected chi connectivity index (χ1v) is 6.63. The highest BCUT2D eigenvalue weighted by Crippen LogP contribution is 2.22. The summed E-state index contributed by atoms with van der Waals surface area (Å²) in [6, 6.07) is 15.4. The number of aromatic nitrogens is 2. The van der Waals surface area contributed by atoms with Crippen molar-refractivity contribution in [2.45, 2.75) is 13.0 Å². The van der Waals surface area contributed by atoms with Crippen LogP contribution >= 0.6 is 0 Å². The summed E-state index contributed by atoms with van der Waals surface area (Å²) < 4.78 is 7.49. The predicted molar refractivity (Wildman–Crippen MR) is 80.4 cm³/mol. The summed E-state index contributed by atoms with van der Waals surface area (Å²) in [7, 11) is 0. The highest BCUT2D eigenvalue weighted by molar-refractivity contribution is 5.79. The van der Waals surface area contributed by atoms with Gasteiger partial charge >= 0.3 is 0 Å². The van der Waals surface area contributed by atoms with E-state index in [9.17, 15) is 4.79 Å². The van der Waals surface area contributed by atoms with Gasteiger partial charge in [0.1, 0.15) is 12.1 Å². The van der Waals surface area contributed by atoms with Gasteiger partial charge in [-0.25, -0.2) is 4.98 Å². The molecule has 0 radical (unpaired) electrons. The number of amides is 1. The molecule has 3 aromatic rings. The molecule has 21 heavy (non-hydrogen) atoms. The molecule has 0 saturated carbocycles. The number of benzene rings is 2. The number of para-hydroxylation sites is 2. The number of nitrogens with zero attached hydrogens (tertiary/aromatic N) is 2. The van der Waals surface area contributed by atoms with Crippen LogP contribution in [0.25, 0.3) is 16.7 Å². The number of ether oxygens (including phenoxy) is 1. The van der Waals surface area contributed by atoms with Crippen LogP contribution in [0.5, 0.6) is 5.75 Å². The van der Waals surface area contributed by atoms with Crippen molar-refractivity contribution in [3.05, 3.63) is 54.9 Å². The molecule has 2 aromatic carbocycles. The van der Waals surface area contributed by atoms with Gasteiger partial charge in [-0.2, -0.15) is 0 Å². The zero-order chi connectivity index (χ0) is 14.8. The summed E-state index contributed by atoms with van der Waals surface area (Å²) in [5.41, 5.74) is 8.06. The maximum atomic E-state index is 11.1. The summed E-state index contributed by atoms with van der Waals surface area (Å²) in [5.74, 6) is 0.102. The first-order chi connectivity index (χ1) is 10.1. The lowest BCUT2D eigenvalue weighted by molar-refractivity contribution is -0.123. The van der Waals surface area contributed by atoms with Crippen molar-refractivity contribution in [3.63, 3.8) is 0 Å². The summed E-state index contributed by atoms with van der Waals surface area (Å²) >= 11 is 0. The fourth-order valence-corrected chi connectivity index (χ4v) is 2.13. The van der Waals surface area contributed by atoms with Crippen LogP contribution in [0.4, 0.5) is 0 Å². The van der Waals surface area contributed by atoms with Crippen molar-refractivity contribution in [2.75, 3.05) is 0 Å². The Hall–Kier alpha value is -2.82. The molecule has 2 N–H and O–H groups in total. The lowest BCUT2D eigenvalue weighted by Gasteiger charge is -2.12. The number of rotatable bonds is 4. The van der Waals surface area contributed by atoms with E-state index in [4.69, 9.17) is 10.5 Å². The molecule has 0 saturated heterocycles. The third kappa shape index (κ3) is 2.58. The van der Waals surface area contributed by atoms with Gasteiger partial charge in [-0.15, -0.1) is 0 Å². The first-order valence-electron chi connectivity index (χ1n) is 6.63. The topological polar surface area (TPSA) is 70.1 Å². The van der Waals surface area contributed by atoms with Gasteiger partial charge in [-0.05, 0) is 31.2 Å². The van der Waals surface area contributed by atoms with E-state index in [1.54, 1.807) is 19.3 Å². The second-order valence-electron chi connectivity index (χ2n) is 4.76. The van der Waals surface area contributed by atoms with Crippen LogP contribution < -0.4 is 10.5 Å². The van der Waals surface area contributed by atoms with Crippen LogP contribution in [0.15, 0.2) is 54.9 Å². The minimum absolute atomic E-state index is 0.492. The molecule has 1 heterocycles. The number of fused-ring (bicyclic) bond motifs is 1. The minimum Gasteiger partial charge on any atom is -0.481 e. The summed E-state index contributed by atoms with van der Waals surface area (Å²) in [5, 5.41) is 0. The van der Waals surface area contributed by atoms with E-state index in [1.807, 2.05) is 47.0 Å². The van der Waals surface area contributed by atoms with Crippen molar-refractivity contribution in [3.8, 4) is 11.4 Å². The van der Waals surface area contributed by atoms with E-state index in [-0.39, 0.29) is 0 Å². The molecular weight excluding hydrogens is 266 g/mol. The monoisotopic (exact) mass is 281 g/mol. The van der Waals surface area contributed by atoms with Crippen LogP contribution in [0, 0.1) is 0 Å². The zero-order valence-electron chi connectivity index (χ0n) is 11.6. The van der Waals surface area contributed by atoms with E-state index in [2.05, 4.69) is 4.98 Å². The normalized spacial score (nSPS) is 12.2. The van der Waals surface area contributed by atoms with E-state index >= 15 is 0 Å². The Kier molecular flexibility index (Phi) is 3.31. The number of primary amides is 1. The molecule has 0 aliphatic carbocycles. The lowest BCUT2D eigenvalue weighted by atomic mass is 10.2. The minimum atomic E-state index is -0.667. The number of carbonyl (C=O) groups excluding carboxylic acids is 1. The molecule has 0 unspecified atom stereocenters. The third-order valence-electron chi connectivity index (χ3n) is 3.26. The van der Waals surface area contributed by atoms with E-state index in [0.29, 0.717) is 5.75 Å². The van der Waals surface area contributed by atoms with Crippen LogP contribution in [-0.2, 0) is 4.79 Å². The number of hydrogen-bond donors (Lipinski definition) is 1. The fraction of sp³-hybridized carbons (Fsp3) is 0.125. The Balaban J connectivity index is 1.98. The molecule has 0 aliphatic heterocycles. The molecule has 106 valence electrons. The van der Waals surface area contributed by atoms with Gasteiger partial charge in [-0.1, -0.05) is 18.2 Å². The van der Waals surface area contributed by atoms with Gasteiger partial charge in [0.2, 0.25) is 0 Å². The molecule has 1 amide bonds. The second kappa shape index (κ2) is 5.28. The quantitative estimate of drug-likeness (QED) is 0.797. The number of hydrogen-bond acceptors (Lipinski definition) is 3. The van der Waals surface area contributed by atoms with Gasteiger partial charge in [0.25, 0.3) is 5.91 Å². The Morgan fingerprint density at radius 3 is 2.86 bits per heavy atom. The maximum absolute atomic E-state index is 11.1. The molecule has 0 bridgehead atoms. The van der Waals surface area contributed by atoms with E-state index in [1.165, 1.54) is 0 Å². The fourth-order valence-electron chi connectivity index (χ4n) is 2.13. The van der Waals surface area contributed by atoms with Gasteiger partial charge in [0.05, 0.1) is 16.7 Å². The Bertz CT molecular complexity index is 795. The molecule has 0 spiro atoms. The SMILES string of the molecule is C[C@@H](Oc1cccc(-n2cnc3ccccc32)c1)C(N)=O. The summed E-state index contributed by atoms with van der Waals surface area (Å²) in [4.78, 5) is 15.4. The lowest BCUT2D eigenvalue weighted by Crippen LogP contribution is -2.30.